The number of amides is 2. The molecule has 1 aliphatic rings. The van der Waals surface area contributed by atoms with Crippen molar-refractivity contribution in [3.05, 3.63) is 22.6 Å². The molecule has 0 aliphatic heterocycles. The summed E-state index contributed by atoms with van der Waals surface area (Å²) in [6.07, 6.45) is -5.85. The van der Waals surface area contributed by atoms with E-state index < -0.39 is 29.8 Å². The second-order valence-corrected chi connectivity index (χ2v) is 6.98. The number of hydrogen-bond acceptors (Lipinski definition) is 4. The molecule has 2 amide bonds. The number of aryl methyl sites for hydroxylation is 1. The Labute approximate surface area is 165 Å². The van der Waals surface area contributed by atoms with Crippen LogP contribution in [-0.4, -0.2) is 41.6 Å². The van der Waals surface area contributed by atoms with Crippen LogP contribution >= 0.6 is 0 Å². The summed E-state index contributed by atoms with van der Waals surface area (Å²) in [5.74, 6) is -16.0. The Morgan fingerprint density at radius 3 is 2.20 bits per heavy atom. The van der Waals surface area contributed by atoms with E-state index in [0.29, 0.717) is 12.8 Å². The van der Waals surface area contributed by atoms with Crippen LogP contribution in [0.25, 0.3) is 0 Å². The SMILES string of the molecule is Cc1c(C(=O)NC(C)C)oc2c1/C(=N/NC(=O)C(F)(F)C(F)(F)C(F)(F)F)CCC2. The molecule has 0 atom stereocenters. The normalized spacial score (nSPS) is 16.6. The van der Waals surface area contributed by atoms with Gasteiger partial charge in [0.05, 0.1) is 5.71 Å². The number of nitrogens with zero attached hydrogens (tertiary/aromatic N) is 1. The van der Waals surface area contributed by atoms with Gasteiger partial charge in [0.1, 0.15) is 5.76 Å². The van der Waals surface area contributed by atoms with Gasteiger partial charge in [-0.05, 0) is 33.6 Å². The Morgan fingerprint density at radius 2 is 1.67 bits per heavy atom. The molecule has 2 rings (SSSR count). The lowest BCUT2D eigenvalue weighted by molar-refractivity contribution is -0.344. The van der Waals surface area contributed by atoms with E-state index in [0.717, 1.165) is 5.43 Å². The van der Waals surface area contributed by atoms with E-state index in [1.54, 1.807) is 13.8 Å². The first-order valence-corrected chi connectivity index (χ1v) is 8.74. The van der Waals surface area contributed by atoms with Gasteiger partial charge in [-0.3, -0.25) is 9.59 Å². The third kappa shape index (κ3) is 4.15. The average molecular weight is 445 g/mol. The molecular weight excluding hydrogens is 427 g/mol. The van der Waals surface area contributed by atoms with E-state index in [4.69, 9.17) is 4.42 Å². The standard InChI is InChI=1S/C17H18F7N3O3/c1-7(2)25-13(28)12-8(3)11-9(5-4-6-10(11)30-12)26-27-14(29)15(18,19)16(20,21)17(22,23)24/h7H,4-6H2,1-3H3,(H,25,28)(H,27,29)/b26-9+. The van der Waals surface area contributed by atoms with Crippen molar-refractivity contribution in [1.82, 2.24) is 10.7 Å². The topological polar surface area (TPSA) is 83.7 Å². The zero-order valence-electron chi connectivity index (χ0n) is 16.0. The second-order valence-electron chi connectivity index (χ2n) is 6.98. The fraction of sp³-hybridized carbons (Fsp3) is 0.588. The molecule has 0 fully saturated rings. The number of rotatable bonds is 5. The minimum absolute atomic E-state index is 0.0800. The molecule has 1 aromatic rings. The molecule has 168 valence electrons. The minimum Gasteiger partial charge on any atom is -0.455 e. The predicted octanol–water partition coefficient (Wildman–Crippen LogP) is 3.72. The van der Waals surface area contributed by atoms with Gasteiger partial charge in [-0.25, -0.2) is 5.43 Å². The van der Waals surface area contributed by atoms with Crippen molar-refractivity contribution in [1.29, 1.82) is 0 Å². The lowest BCUT2D eigenvalue weighted by Gasteiger charge is -2.26. The maximum atomic E-state index is 13.4. The first-order valence-electron chi connectivity index (χ1n) is 8.74. The van der Waals surface area contributed by atoms with Gasteiger partial charge in [0.25, 0.3) is 5.91 Å². The van der Waals surface area contributed by atoms with Crippen LogP contribution in [0.15, 0.2) is 9.52 Å². The Bertz CT molecular complexity index is 873. The smallest absolute Gasteiger partial charge is 0.455 e. The number of hydrogen-bond donors (Lipinski definition) is 2. The molecule has 0 radical (unpaired) electrons. The molecule has 2 N–H and O–H groups in total. The molecule has 0 saturated carbocycles. The molecular formula is C17H18F7N3O3. The Kier molecular flexibility index (Phi) is 6.24. The van der Waals surface area contributed by atoms with Crippen molar-refractivity contribution in [2.24, 2.45) is 5.10 Å². The summed E-state index contributed by atoms with van der Waals surface area (Å²) >= 11 is 0. The summed E-state index contributed by atoms with van der Waals surface area (Å²) in [6, 6.07) is -0.219. The van der Waals surface area contributed by atoms with Crippen molar-refractivity contribution in [3.8, 4) is 0 Å². The molecule has 30 heavy (non-hydrogen) atoms. The summed E-state index contributed by atoms with van der Waals surface area (Å²) < 4.78 is 94.9. The number of nitrogens with one attached hydrogen (secondary N) is 2. The Morgan fingerprint density at radius 1 is 1.07 bits per heavy atom. The number of hydrazone groups is 1. The third-order valence-corrected chi connectivity index (χ3v) is 4.28. The van der Waals surface area contributed by atoms with E-state index in [-0.39, 0.29) is 40.8 Å². The van der Waals surface area contributed by atoms with Crippen LogP contribution in [0, 0.1) is 6.92 Å². The lowest BCUT2D eigenvalue weighted by Crippen LogP contribution is -2.58. The average Bonchev–Trinajstić information content (AvgIpc) is 2.95. The van der Waals surface area contributed by atoms with E-state index in [1.165, 1.54) is 6.92 Å². The number of alkyl halides is 7. The molecule has 0 bridgehead atoms. The van der Waals surface area contributed by atoms with Crippen molar-refractivity contribution >= 4 is 17.5 Å². The largest absolute Gasteiger partial charge is 0.460 e. The first kappa shape index (κ1) is 23.7. The van der Waals surface area contributed by atoms with Crippen molar-refractivity contribution in [2.45, 2.75) is 64.1 Å². The highest BCUT2D eigenvalue weighted by Crippen LogP contribution is 2.46. The predicted molar refractivity (Wildman–Crippen MR) is 89.6 cm³/mol. The molecule has 0 unspecified atom stereocenters. The highest BCUT2D eigenvalue weighted by atomic mass is 19.4. The van der Waals surface area contributed by atoms with Gasteiger partial charge in [0, 0.05) is 23.6 Å². The minimum atomic E-state index is -6.64. The number of halogens is 7. The molecule has 1 aliphatic carbocycles. The van der Waals surface area contributed by atoms with Gasteiger partial charge >= 0.3 is 23.9 Å². The first-order chi connectivity index (χ1) is 13.6. The molecule has 1 aromatic heterocycles. The van der Waals surface area contributed by atoms with Gasteiger partial charge in [-0.2, -0.15) is 35.8 Å². The fourth-order valence-electron chi connectivity index (χ4n) is 2.83. The van der Waals surface area contributed by atoms with Crippen LogP contribution in [0.2, 0.25) is 0 Å². The van der Waals surface area contributed by atoms with Crippen molar-refractivity contribution in [3.63, 3.8) is 0 Å². The van der Waals surface area contributed by atoms with Crippen molar-refractivity contribution < 1.29 is 44.7 Å². The number of carbonyl (C=O) groups is 2. The summed E-state index contributed by atoms with van der Waals surface area (Å²) in [5.41, 5.74) is 1.48. The van der Waals surface area contributed by atoms with Crippen LogP contribution in [0.4, 0.5) is 30.7 Å². The highest BCUT2D eigenvalue weighted by molar-refractivity contribution is 6.06. The summed E-state index contributed by atoms with van der Waals surface area (Å²) in [6.45, 7) is 4.87. The number of fused-ring (bicyclic) bond motifs is 1. The highest BCUT2D eigenvalue weighted by Gasteiger charge is 2.76. The Balaban J connectivity index is 2.32. The molecule has 13 heteroatoms. The van der Waals surface area contributed by atoms with Crippen LogP contribution in [-0.2, 0) is 11.2 Å². The lowest BCUT2D eigenvalue weighted by atomic mass is 9.93. The van der Waals surface area contributed by atoms with E-state index in [2.05, 4.69) is 10.4 Å². The van der Waals surface area contributed by atoms with Gasteiger partial charge in [-0.15, -0.1) is 0 Å². The van der Waals surface area contributed by atoms with Crippen LogP contribution in [0.3, 0.4) is 0 Å². The third-order valence-electron chi connectivity index (χ3n) is 4.28. The van der Waals surface area contributed by atoms with Gasteiger partial charge < -0.3 is 9.73 Å². The molecule has 0 spiro atoms. The molecule has 1 heterocycles. The monoisotopic (exact) mass is 445 g/mol. The van der Waals surface area contributed by atoms with Gasteiger partial charge in [-0.1, -0.05) is 0 Å². The van der Waals surface area contributed by atoms with Crippen molar-refractivity contribution in [2.75, 3.05) is 0 Å². The summed E-state index contributed by atoms with van der Waals surface area (Å²) in [7, 11) is 0. The maximum absolute atomic E-state index is 13.4. The number of carbonyl (C=O) groups excluding carboxylic acids is 2. The fourth-order valence-corrected chi connectivity index (χ4v) is 2.83. The quantitative estimate of drug-likeness (QED) is 0.536. The molecule has 6 nitrogen and oxygen atoms in total. The Hall–Kier alpha value is -2.60. The summed E-state index contributed by atoms with van der Waals surface area (Å²) in [4.78, 5) is 23.6. The zero-order chi connectivity index (χ0) is 23.1. The maximum Gasteiger partial charge on any atom is 0.460 e. The second kappa shape index (κ2) is 7.91. The van der Waals surface area contributed by atoms with Crippen LogP contribution in [0.1, 0.15) is 54.1 Å². The van der Waals surface area contributed by atoms with E-state index in [9.17, 15) is 40.3 Å². The van der Waals surface area contributed by atoms with Gasteiger partial charge in [0.2, 0.25) is 0 Å². The number of furan rings is 1. The van der Waals surface area contributed by atoms with Crippen LogP contribution in [0.5, 0.6) is 0 Å². The van der Waals surface area contributed by atoms with E-state index in [1.807, 2.05) is 0 Å². The van der Waals surface area contributed by atoms with E-state index >= 15 is 0 Å². The molecule has 0 aromatic carbocycles. The zero-order valence-corrected chi connectivity index (χ0v) is 16.0. The van der Waals surface area contributed by atoms with Gasteiger partial charge in [0.15, 0.2) is 5.76 Å². The summed E-state index contributed by atoms with van der Waals surface area (Å²) in [5, 5.41) is 5.92. The van der Waals surface area contributed by atoms with Crippen LogP contribution < -0.4 is 10.7 Å². The molecule has 0 saturated heterocycles.